The summed E-state index contributed by atoms with van der Waals surface area (Å²) < 4.78 is 25.3. The monoisotopic (exact) mass is 519 g/mol. The third kappa shape index (κ3) is 4.68. The van der Waals surface area contributed by atoms with Crippen molar-refractivity contribution in [3.63, 3.8) is 0 Å². The van der Waals surface area contributed by atoms with Crippen LogP contribution in [0.3, 0.4) is 0 Å². The number of hydrogen-bond donors (Lipinski definition) is 0. The molecule has 2 amide bonds. The van der Waals surface area contributed by atoms with Gasteiger partial charge in [0, 0.05) is 15.6 Å². The molecule has 0 saturated heterocycles. The smallest absolute Gasteiger partial charge is 0.326 e. The number of methoxy groups -OCH3 is 1. The molecule has 0 aromatic heterocycles. The van der Waals surface area contributed by atoms with Crippen molar-refractivity contribution in [3.05, 3.63) is 69.4 Å². The van der Waals surface area contributed by atoms with Gasteiger partial charge in [-0.25, -0.2) is 4.39 Å². The lowest BCUT2D eigenvalue weighted by atomic mass is 9.71. The first-order valence-electron chi connectivity index (χ1n) is 10.1. The largest absolute Gasteiger partial charge is 0.468 e. The van der Waals surface area contributed by atoms with Crippen molar-refractivity contribution < 1.29 is 33.0 Å². The molecule has 1 unspecified atom stereocenters. The summed E-state index contributed by atoms with van der Waals surface area (Å²) in [5, 5.41) is 0. The Morgan fingerprint density at radius 1 is 1.12 bits per heavy atom. The van der Waals surface area contributed by atoms with Crippen molar-refractivity contribution in [1.82, 2.24) is 4.90 Å². The van der Waals surface area contributed by atoms with E-state index >= 15 is 0 Å². The first-order chi connectivity index (χ1) is 15.4. The molecule has 3 rings (SSSR count). The van der Waals surface area contributed by atoms with Crippen molar-refractivity contribution in [2.45, 2.75) is 44.8 Å². The molecule has 0 bridgehead atoms. The van der Waals surface area contributed by atoms with Crippen molar-refractivity contribution in [2.24, 2.45) is 0 Å². The fourth-order valence-electron chi connectivity index (χ4n) is 3.80. The highest BCUT2D eigenvalue weighted by atomic mass is 79.9. The third-order valence-electron chi connectivity index (χ3n) is 5.18. The van der Waals surface area contributed by atoms with E-state index in [-0.39, 0.29) is 16.7 Å². The molecule has 2 aromatic carbocycles. The van der Waals surface area contributed by atoms with Crippen LogP contribution in [0.5, 0.6) is 0 Å². The Hall–Kier alpha value is -3.07. The quantitative estimate of drug-likeness (QED) is 0.338. The van der Waals surface area contributed by atoms with Gasteiger partial charge in [-0.2, -0.15) is 0 Å². The number of carbonyl (C=O) groups is 4. The second-order valence-electron chi connectivity index (χ2n) is 8.64. The molecule has 0 spiro atoms. The lowest BCUT2D eigenvalue weighted by Gasteiger charge is -2.39. The normalized spacial score (nSPS) is 18.1. The predicted octanol–water partition coefficient (Wildman–Crippen LogP) is 3.91. The zero-order valence-corrected chi connectivity index (χ0v) is 20.2. The van der Waals surface area contributed by atoms with Crippen molar-refractivity contribution >= 4 is 39.7 Å². The Kier molecular flexibility index (Phi) is 6.74. The highest BCUT2D eigenvalue weighted by Crippen LogP contribution is 2.40. The molecular formula is C24H23BrFNO6. The minimum absolute atomic E-state index is 0.0450. The number of nitrogens with zero attached hydrogens (tertiary/aromatic N) is 1. The van der Waals surface area contributed by atoms with Gasteiger partial charge in [0.05, 0.1) is 20.1 Å². The summed E-state index contributed by atoms with van der Waals surface area (Å²) in [5.74, 6) is -4.16. The molecule has 0 aliphatic carbocycles. The average Bonchev–Trinajstić information content (AvgIpc) is 2.73. The Balaban J connectivity index is 2.17. The second kappa shape index (κ2) is 9.05. The van der Waals surface area contributed by atoms with Gasteiger partial charge < -0.3 is 9.47 Å². The van der Waals surface area contributed by atoms with E-state index in [4.69, 9.17) is 9.47 Å². The molecule has 0 N–H and O–H groups in total. The summed E-state index contributed by atoms with van der Waals surface area (Å²) in [6, 6.07) is 10.2. The Bertz CT molecular complexity index is 1140. The topological polar surface area (TPSA) is 90.0 Å². The number of rotatable bonds is 5. The number of esters is 2. The van der Waals surface area contributed by atoms with Crippen LogP contribution in [0.2, 0.25) is 0 Å². The van der Waals surface area contributed by atoms with E-state index in [1.54, 1.807) is 39.0 Å². The molecule has 7 nitrogen and oxygen atoms in total. The van der Waals surface area contributed by atoms with Crippen LogP contribution in [-0.4, -0.2) is 41.4 Å². The number of ether oxygens (including phenoxy) is 2. The number of halogens is 2. The Labute approximate surface area is 199 Å². The molecule has 1 atom stereocenters. The standard InChI is InChI=1S/C24H23BrFNO6/c1-23(2,3)33-19(28)12-24(22(31)32-4)17-8-6-5-7-16(17)20(29)27(21(24)30)13-14-9-10-15(25)11-18(14)26/h5-11H,12-13H2,1-4H3. The summed E-state index contributed by atoms with van der Waals surface area (Å²) in [6.45, 7) is 4.52. The molecule has 0 fully saturated rings. The minimum Gasteiger partial charge on any atom is -0.468 e. The van der Waals surface area contributed by atoms with Crippen molar-refractivity contribution in [2.75, 3.05) is 7.11 Å². The fraction of sp³-hybridized carbons (Fsp3) is 0.333. The van der Waals surface area contributed by atoms with Crippen LogP contribution in [0.25, 0.3) is 0 Å². The van der Waals surface area contributed by atoms with Gasteiger partial charge in [-0.05, 0) is 44.5 Å². The van der Waals surface area contributed by atoms with Gasteiger partial charge in [0.2, 0.25) is 0 Å². The summed E-state index contributed by atoms with van der Waals surface area (Å²) in [5.41, 5.74) is -2.88. The van der Waals surface area contributed by atoms with E-state index < -0.39 is 53.6 Å². The molecule has 1 aliphatic rings. The molecule has 1 aliphatic heterocycles. The van der Waals surface area contributed by atoms with Crippen LogP contribution >= 0.6 is 15.9 Å². The first kappa shape index (κ1) is 24.6. The molecule has 1 heterocycles. The van der Waals surface area contributed by atoms with E-state index in [1.165, 1.54) is 24.3 Å². The molecule has 33 heavy (non-hydrogen) atoms. The lowest BCUT2D eigenvalue weighted by Crippen LogP contribution is -2.59. The highest BCUT2D eigenvalue weighted by molar-refractivity contribution is 9.10. The Morgan fingerprint density at radius 2 is 1.79 bits per heavy atom. The van der Waals surface area contributed by atoms with Crippen molar-refractivity contribution in [3.8, 4) is 0 Å². The number of fused-ring (bicyclic) bond motifs is 1. The number of carbonyl (C=O) groups excluding carboxylic acids is 4. The lowest BCUT2D eigenvalue weighted by molar-refractivity contribution is -0.167. The zero-order chi connectivity index (χ0) is 24.6. The van der Waals surface area contributed by atoms with Crippen LogP contribution in [0.4, 0.5) is 4.39 Å². The van der Waals surface area contributed by atoms with Crippen LogP contribution in [-0.2, 0) is 35.8 Å². The van der Waals surface area contributed by atoms with E-state index in [2.05, 4.69) is 15.9 Å². The first-order valence-corrected chi connectivity index (χ1v) is 10.9. The van der Waals surface area contributed by atoms with Gasteiger partial charge in [0.15, 0.2) is 5.41 Å². The third-order valence-corrected chi connectivity index (χ3v) is 5.67. The number of benzene rings is 2. The van der Waals surface area contributed by atoms with Crippen LogP contribution in [0.15, 0.2) is 46.9 Å². The second-order valence-corrected chi connectivity index (χ2v) is 9.55. The van der Waals surface area contributed by atoms with Gasteiger partial charge in [0.1, 0.15) is 11.4 Å². The molecule has 9 heteroatoms. The maximum absolute atomic E-state index is 14.5. The SMILES string of the molecule is COC(=O)C1(CC(=O)OC(C)(C)C)C(=O)N(Cc2ccc(Br)cc2F)C(=O)c2ccccc21. The summed E-state index contributed by atoms with van der Waals surface area (Å²) in [6.07, 6.45) is -0.681. The van der Waals surface area contributed by atoms with E-state index in [0.717, 1.165) is 12.0 Å². The average molecular weight is 520 g/mol. The number of amides is 2. The van der Waals surface area contributed by atoms with E-state index in [0.29, 0.717) is 4.47 Å². The fourth-order valence-corrected chi connectivity index (χ4v) is 4.13. The van der Waals surface area contributed by atoms with Gasteiger partial charge in [0.25, 0.3) is 11.8 Å². The van der Waals surface area contributed by atoms with Crippen LogP contribution < -0.4 is 0 Å². The summed E-state index contributed by atoms with van der Waals surface area (Å²) >= 11 is 3.16. The zero-order valence-electron chi connectivity index (χ0n) is 18.6. The van der Waals surface area contributed by atoms with Crippen molar-refractivity contribution in [1.29, 1.82) is 0 Å². The van der Waals surface area contributed by atoms with E-state index in [1.807, 2.05) is 0 Å². The number of hydrogen-bond acceptors (Lipinski definition) is 6. The molecule has 2 aromatic rings. The predicted molar refractivity (Wildman–Crippen MR) is 120 cm³/mol. The minimum atomic E-state index is -2.16. The number of imide groups is 1. The summed E-state index contributed by atoms with van der Waals surface area (Å²) in [4.78, 5) is 53.7. The Morgan fingerprint density at radius 3 is 2.39 bits per heavy atom. The van der Waals surface area contributed by atoms with Gasteiger partial charge in [-0.1, -0.05) is 40.2 Å². The van der Waals surface area contributed by atoms with E-state index in [9.17, 15) is 23.6 Å². The maximum Gasteiger partial charge on any atom is 0.326 e. The highest BCUT2D eigenvalue weighted by Gasteiger charge is 2.58. The molecule has 174 valence electrons. The molecular weight excluding hydrogens is 497 g/mol. The van der Waals surface area contributed by atoms with Crippen LogP contribution in [0.1, 0.15) is 48.7 Å². The maximum atomic E-state index is 14.5. The van der Waals surface area contributed by atoms with Gasteiger partial charge >= 0.3 is 11.9 Å². The molecule has 0 radical (unpaired) electrons. The molecule has 0 saturated carbocycles. The van der Waals surface area contributed by atoms with Crippen LogP contribution in [0, 0.1) is 5.82 Å². The van der Waals surface area contributed by atoms with Gasteiger partial charge in [-0.15, -0.1) is 0 Å². The summed E-state index contributed by atoms with van der Waals surface area (Å²) in [7, 11) is 1.09. The van der Waals surface area contributed by atoms with Gasteiger partial charge in [-0.3, -0.25) is 24.1 Å².